The van der Waals surface area contributed by atoms with Gasteiger partial charge < -0.3 is 15.5 Å². The average molecular weight is 311 g/mol. The molecule has 4 fully saturated rings. The fourth-order valence-corrected chi connectivity index (χ4v) is 3.86. The number of nitrogens with zero attached hydrogens (tertiary/aromatic N) is 4. The van der Waals surface area contributed by atoms with Crippen molar-refractivity contribution in [1.29, 1.82) is 0 Å². The van der Waals surface area contributed by atoms with E-state index in [1.165, 1.54) is 31.4 Å². The van der Waals surface area contributed by atoms with Gasteiger partial charge in [-0.15, -0.1) is 0 Å². The van der Waals surface area contributed by atoms with Crippen molar-refractivity contribution in [3.8, 4) is 0 Å². The van der Waals surface area contributed by atoms with Gasteiger partial charge in [0.1, 0.15) is 5.82 Å². The Morgan fingerprint density at radius 2 is 2.17 bits per heavy atom. The van der Waals surface area contributed by atoms with Crippen LogP contribution in [-0.4, -0.2) is 45.3 Å². The molecule has 2 bridgehead atoms. The summed E-state index contributed by atoms with van der Waals surface area (Å²) in [4.78, 5) is 11.5. The van der Waals surface area contributed by atoms with Gasteiger partial charge in [0, 0.05) is 42.0 Å². The maximum Gasteiger partial charge on any atom is 0.227 e. The van der Waals surface area contributed by atoms with Gasteiger partial charge in [-0.2, -0.15) is 10.1 Å². The number of anilines is 3. The van der Waals surface area contributed by atoms with Crippen LogP contribution < -0.4 is 15.5 Å². The van der Waals surface area contributed by atoms with E-state index in [0.717, 1.165) is 24.1 Å². The molecule has 0 radical (unpaired) electrons. The number of hydrogen-bond donors (Lipinski definition) is 3. The Kier molecular flexibility index (Phi) is 2.70. The van der Waals surface area contributed by atoms with Crippen molar-refractivity contribution in [2.75, 3.05) is 23.8 Å². The van der Waals surface area contributed by atoms with Gasteiger partial charge in [0.25, 0.3) is 0 Å². The summed E-state index contributed by atoms with van der Waals surface area (Å²) in [7, 11) is 2.05. The van der Waals surface area contributed by atoms with Crippen LogP contribution in [0.3, 0.4) is 0 Å². The highest BCUT2D eigenvalue weighted by Crippen LogP contribution is 2.45. The minimum atomic E-state index is 0.277. The minimum absolute atomic E-state index is 0.277. The Morgan fingerprint density at radius 3 is 2.91 bits per heavy atom. The van der Waals surface area contributed by atoms with Crippen molar-refractivity contribution in [1.82, 2.24) is 25.5 Å². The summed E-state index contributed by atoms with van der Waals surface area (Å²) < 4.78 is 0. The number of fused-ring (bicyclic) bond motifs is 1. The van der Waals surface area contributed by atoms with E-state index in [1.807, 2.05) is 19.3 Å². The number of hydrogen-bond acceptors (Lipinski definition) is 6. The molecule has 6 rings (SSSR count). The van der Waals surface area contributed by atoms with Crippen molar-refractivity contribution >= 4 is 17.6 Å². The Bertz CT molecular complexity index is 730. The van der Waals surface area contributed by atoms with E-state index in [2.05, 4.69) is 41.8 Å². The molecule has 0 atom stereocenters. The molecular weight excluding hydrogens is 290 g/mol. The fraction of sp³-hybridized carbons (Fsp3) is 0.562. The molecule has 7 heteroatoms. The second-order valence-electron chi connectivity index (χ2n) is 7.07. The molecule has 2 saturated heterocycles. The topological polar surface area (TPSA) is 81.8 Å². The molecular formula is C16H21N7. The quantitative estimate of drug-likeness (QED) is 0.780. The molecule has 0 spiro atoms. The SMILES string of the molecule is CNC12CC(C1)N(c1nccc(Nc3cc(C4CC4)[nH]n3)n1)C2. The van der Waals surface area contributed by atoms with Gasteiger partial charge >= 0.3 is 0 Å². The van der Waals surface area contributed by atoms with E-state index >= 15 is 0 Å². The van der Waals surface area contributed by atoms with Crippen LogP contribution in [-0.2, 0) is 0 Å². The summed E-state index contributed by atoms with van der Waals surface area (Å²) in [5.41, 5.74) is 1.50. The third-order valence-corrected chi connectivity index (χ3v) is 5.47. The fourth-order valence-electron chi connectivity index (χ4n) is 3.86. The molecule has 2 aromatic heterocycles. The third kappa shape index (κ3) is 2.18. The first kappa shape index (κ1) is 13.3. The Labute approximate surface area is 134 Å². The lowest BCUT2D eigenvalue weighted by molar-refractivity contribution is 0.259. The summed E-state index contributed by atoms with van der Waals surface area (Å²) in [5.74, 6) is 3.11. The monoisotopic (exact) mass is 311 g/mol. The Hall–Kier alpha value is -2.15. The number of likely N-dealkylation sites (N-methyl/N-ethyl adjacent to an activating group) is 1. The van der Waals surface area contributed by atoms with E-state index in [0.29, 0.717) is 12.0 Å². The molecule has 23 heavy (non-hydrogen) atoms. The van der Waals surface area contributed by atoms with Crippen LogP contribution in [0.5, 0.6) is 0 Å². The lowest BCUT2D eigenvalue weighted by atomic mass is 9.78. The predicted octanol–water partition coefficient (Wildman–Crippen LogP) is 1.76. The molecule has 3 N–H and O–H groups in total. The summed E-state index contributed by atoms with van der Waals surface area (Å²) in [6, 6.07) is 4.55. The van der Waals surface area contributed by atoms with Gasteiger partial charge in [-0.1, -0.05) is 0 Å². The highest BCUT2D eigenvalue weighted by Gasteiger charge is 2.55. The van der Waals surface area contributed by atoms with Gasteiger partial charge in [0.2, 0.25) is 5.95 Å². The standard InChI is InChI=1S/C16H21N7/c1-17-16-7-11(8-16)23(9-16)15-18-5-4-13(20-15)19-14-6-12(21-22-14)10-2-3-10/h4-6,10-11,17H,2-3,7-9H2,1H3,(H2,18,19,20,21,22). The Balaban J connectivity index is 1.34. The number of H-pyrrole nitrogens is 1. The summed E-state index contributed by atoms with van der Waals surface area (Å²) in [6.45, 7) is 0.992. The highest BCUT2D eigenvalue weighted by molar-refractivity contribution is 5.54. The first-order valence-electron chi connectivity index (χ1n) is 8.36. The van der Waals surface area contributed by atoms with E-state index in [-0.39, 0.29) is 5.54 Å². The van der Waals surface area contributed by atoms with Gasteiger partial charge in [-0.25, -0.2) is 4.98 Å². The van der Waals surface area contributed by atoms with Crippen LogP contribution in [0.4, 0.5) is 17.6 Å². The predicted molar refractivity (Wildman–Crippen MR) is 88.0 cm³/mol. The van der Waals surface area contributed by atoms with Gasteiger partial charge in [0.05, 0.1) is 0 Å². The first-order valence-corrected chi connectivity index (χ1v) is 8.36. The third-order valence-electron chi connectivity index (χ3n) is 5.47. The molecule has 2 aliphatic carbocycles. The molecule has 7 nitrogen and oxygen atoms in total. The van der Waals surface area contributed by atoms with Crippen LogP contribution in [0.25, 0.3) is 0 Å². The van der Waals surface area contributed by atoms with Crippen LogP contribution in [0, 0.1) is 0 Å². The van der Waals surface area contributed by atoms with Gasteiger partial charge in [-0.05, 0) is 38.8 Å². The van der Waals surface area contributed by atoms with E-state index < -0.39 is 0 Å². The minimum Gasteiger partial charge on any atom is -0.336 e. The first-order chi connectivity index (χ1) is 11.2. The number of aromatic nitrogens is 4. The van der Waals surface area contributed by atoms with E-state index in [1.54, 1.807) is 0 Å². The van der Waals surface area contributed by atoms with E-state index in [9.17, 15) is 0 Å². The average Bonchev–Trinajstić information content (AvgIpc) is 3.02. The molecule has 0 aromatic carbocycles. The van der Waals surface area contributed by atoms with Crippen molar-refractivity contribution in [3.63, 3.8) is 0 Å². The molecule has 0 amide bonds. The molecule has 2 aliphatic heterocycles. The van der Waals surface area contributed by atoms with Crippen LogP contribution in [0.2, 0.25) is 0 Å². The summed E-state index contributed by atoms with van der Waals surface area (Å²) >= 11 is 0. The number of nitrogens with one attached hydrogen (secondary N) is 3. The largest absolute Gasteiger partial charge is 0.336 e. The normalized spacial score (nSPS) is 28.7. The second kappa shape index (κ2) is 4.67. The highest BCUT2D eigenvalue weighted by atomic mass is 15.4. The lowest BCUT2D eigenvalue weighted by Crippen LogP contribution is -2.50. The summed E-state index contributed by atoms with van der Waals surface area (Å²) in [5, 5.41) is 14.2. The molecule has 4 aliphatic rings. The molecule has 4 heterocycles. The smallest absolute Gasteiger partial charge is 0.227 e. The van der Waals surface area contributed by atoms with Crippen LogP contribution in [0.15, 0.2) is 18.3 Å². The zero-order valence-electron chi connectivity index (χ0n) is 13.2. The Morgan fingerprint density at radius 1 is 1.30 bits per heavy atom. The van der Waals surface area contributed by atoms with Crippen molar-refractivity contribution in [2.45, 2.75) is 43.2 Å². The van der Waals surface area contributed by atoms with Crippen molar-refractivity contribution in [2.24, 2.45) is 0 Å². The van der Waals surface area contributed by atoms with Crippen LogP contribution in [0.1, 0.15) is 37.3 Å². The van der Waals surface area contributed by atoms with E-state index in [4.69, 9.17) is 0 Å². The molecule has 120 valence electrons. The maximum atomic E-state index is 4.68. The van der Waals surface area contributed by atoms with Crippen molar-refractivity contribution in [3.05, 3.63) is 24.0 Å². The van der Waals surface area contributed by atoms with Crippen LogP contribution >= 0.6 is 0 Å². The van der Waals surface area contributed by atoms with Gasteiger partial charge in [0.15, 0.2) is 5.82 Å². The van der Waals surface area contributed by atoms with Gasteiger partial charge in [-0.3, -0.25) is 5.10 Å². The molecule has 2 saturated carbocycles. The number of aromatic amines is 1. The number of rotatable bonds is 5. The summed E-state index contributed by atoms with van der Waals surface area (Å²) in [6.07, 6.45) is 6.73. The zero-order valence-corrected chi connectivity index (χ0v) is 13.2. The zero-order chi connectivity index (χ0) is 15.4. The van der Waals surface area contributed by atoms with Crippen molar-refractivity contribution < 1.29 is 0 Å². The molecule has 0 unspecified atom stereocenters. The molecule has 2 aromatic rings. The second-order valence-corrected chi connectivity index (χ2v) is 7.07. The maximum absolute atomic E-state index is 4.68. The lowest BCUT2D eigenvalue weighted by Gasteiger charge is -2.36.